The Balaban J connectivity index is 0.00000225. The fourth-order valence-corrected chi connectivity index (χ4v) is 5.01. The molecule has 1 spiro atoms. The lowest BCUT2D eigenvalue weighted by Crippen LogP contribution is -2.39. The molecule has 1 aromatic rings. The Morgan fingerprint density at radius 3 is 2.48 bits per heavy atom. The largest absolute Gasteiger partial charge is 0.432 e. The summed E-state index contributed by atoms with van der Waals surface area (Å²) in [4.78, 5) is -0.243. The van der Waals surface area contributed by atoms with E-state index in [0.717, 1.165) is 50.6 Å². The molecule has 10 heteroatoms. The van der Waals surface area contributed by atoms with E-state index < -0.39 is 28.2 Å². The third kappa shape index (κ3) is 4.21. The average Bonchev–Trinajstić information content (AvgIpc) is 2.94. The Morgan fingerprint density at radius 2 is 1.88 bits per heavy atom. The van der Waals surface area contributed by atoms with Crippen LogP contribution in [0.1, 0.15) is 19.3 Å². The van der Waals surface area contributed by atoms with E-state index in [1.54, 1.807) is 0 Å². The monoisotopic (exact) mass is 400 g/mol. The number of sulfonamides is 1. The minimum Gasteiger partial charge on any atom is -0.432 e. The summed E-state index contributed by atoms with van der Waals surface area (Å²) in [6.45, 7) is -0.641. The second-order valence-electron chi connectivity index (χ2n) is 6.31. The molecule has 142 valence electrons. The molecule has 25 heavy (non-hydrogen) atoms. The van der Waals surface area contributed by atoms with Crippen LogP contribution < -0.4 is 10.1 Å². The van der Waals surface area contributed by atoms with Crippen molar-refractivity contribution in [3.05, 3.63) is 24.0 Å². The van der Waals surface area contributed by atoms with Gasteiger partial charge in [-0.05, 0) is 56.0 Å². The molecule has 0 aliphatic carbocycles. The molecule has 2 aliphatic rings. The predicted octanol–water partition coefficient (Wildman–Crippen LogP) is 2.61. The molecule has 5 nitrogen and oxygen atoms in total. The molecule has 0 unspecified atom stereocenters. The van der Waals surface area contributed by atoms with E-state index in [1.807, 2.05) is 0 Å². The van der Waals surface area contributed by atoms with Crippen molar-refractivity contribution in [2.45, 2.75) is 30.8 Å². The predicted molar refractivity (Wildman–Crippen MR) is 88.2 cm³/mol. The standard InChI is InChI=1S/C15H19F3N2O3S.ClH/c16-12-9-11(1-2-13(12)23-14(17)18)24(21,22)20-8-5-15(10-20)3-6-19-7-4-15;/h1-2,9,14,19H,3-8,10H2;1H. The topological polar surface area (TPSA) is 58.6 Å². The van der Waals surface area contributed by atoms with Crippen LogP contribution in [-0.2, 0) is 10.0 Å². The van der Waals surface area contributed by atoms with E-state index in [9.17, 15) is 21.6 Å². The first kappa shape index (κ1) is 20.3. The highest BCUT2D eigenvalue weighted by Gasteiger charge is 2.43. The van der Waals surface area contributed by atoms with Gasteiger partial charge < -0.3 is 10.1 Å². The van der Waals surface area contributed by atoms with Crippen molar-refractivity contribution in [3.8, 4) is 5.75 Å². The summed E-state index contributed by atoms with van der Waals surface area (Å²) in [6, 6.07) is 2.76. The smallest absolute Gasteiger partial charge is 0.387 e. The van der Waals surface area contributed by atoms with Gasteiger partial charge >= 0.3 is 6.61 Å². The fraction of sp³-hybridized carbons (Fsp3) is 0.600. The van der Waals surface area contributed by atoms with E-state index in [4.69, 9.17) is 0 Å². The number of nitrogens with one attached hydrogen (secondary N) is 1. The van der Waals surface area contributed by atoms with Crippen LogP contribution in [-0.4, -0.2) is 45.5 Å². The zero-order valence-electron chi connectivity index (χ0n) is 13.4. The summed E-state index contributed by atoms with van der Waals surface area (Å²) in [5.41, 5.74) is -0.0183. The lowest BCUT2D eigenvalue weighted by Gasteiger charge is -2.33. The first-order valence-corrected chi connectivity index (χ1v) is 9.22. The number of alkyl halides is 2. The Hall–Kier alpha value is -1.03. The fourth-order valence-electron chi connectivity index (χ4n) is 3.45. The average molecular weight is 401 g/mol. The van der Waals surface area contributed by atoms with Gasteiger partial charge in [-0.25, -0.2) is 12.8 Å². The van der Waals surface area contributed by atoms with Crippen LogP contribution in [0.4, 0.5) is 13.2 Å². The van der Waals surface area contributed by atoms with E-state index in [1.165, 1.54) is 4.31 Å². The minimum atomic E-state index is -3.85. The van der Waals surface area contributed by atoms with Crippen molar-refractivity contribution < 1.29 is 26.3 Å². The molecule has 1 aromatic carbocycles. The summed E-state index contributed by atoms with van der Waals surface area (Å²) >= 11 is 0. The molecule has 0 atom stereocenters. The van der Waals surface area contributed by atoms with Crippen molar-refractivity contribution in [3.63, 3.8) is 0 Å². The maximum absolute atomic E-state index is 13.8. The van der Waals surface area contributed by atoms with Gasteiger partial charge in [0.15, 0.2) is 11.6 Å². The van der Waals surface area contributed by atoms with Crippen LogP contribution >= 0.6 is 12.4 Å². The van der Waals surface area contributed by atoms with E-state index in [0.29, 0.717) is 13.1 Å². The van der Waals surface area contributed by atoms with Crippen LogP contribution in [0.15, 0.2) is 23.1 Å². The zero-order chi connectivity index (χ0) is 17.4. The number of benzene rings is 1. The summed E-state index contributed by atoms with van der Waals surface area (Å²) in [6.07, 6.45) is 2.60. The second kappa shape index (κ2) is 7.69. The number of halogens is 4. The Labute approximate surface area is 151 Å². The molecule has 0 saturated carbocycles. The zero-order valence-corrected chi connectivity index (χ0v) is 15.0. The van der Waals surface area contributed by atoms with Gasteiger partial charge in [-0.1, -0.05) is 0 Å². The van der Waals surface area contributed by atoms with Gasteiger partial charge in [0.2, 0.25) is 10.0 Å². The van der Waals surface area contributed by atoms with E-state index in [2.05, 4.69) is 10.1 Å². The lowest BCUT2D eigenvalue weighted by atomic mass is 9.78. The normalized spacial score (nSPS) is 20.6. The summed E-state index contributed by atoms with van der Waals surface area (Å²) in [5, 5.41) is 3.26. The molecule has 0 radical (unpaired) electrons. The molecule has 2 saturated heterocycles. The van der Waals surface area contributed by atoms with Gasteiger partial charge in [-0.15, -0.1) is 12.4 Å². The Bertz CT molecular complexity index is 712. The van der Waals surface area contributed by atoms with Crippen molar-refractivity contribution in [1.82, 2.24) is 9.62 Å². The molecule has 2 aliphatic heterocycles. The third-order valence-corrected chi connectivity index (χ3v) is 6.67. The highest BCUT2D eigenvalue weighted by molar-refractivity contribution is 7.89. The van der Waals surface area contributed by atoms with Crippen LogP contribution in [0.2, 0.25) is 0 Å². The van der Waals surface area contributed by atoms with Gasteiger partial charge in [0.25, 0.3) is 0 Å². The van der Waals surface area contributed by atoms with E-state index >= 15 is 0 Å². The molecule has 2 heterocycles. The maximum atomic E-state index is 13.8. The molecule has 3 rings (SSSR count). The number of rotatable bonds is 4. The van der Waals surface area contributed by atoms with Gasteiger partial charge in [0.05, 0.1) is 4.90 Å². The Morgan fingerprint density at radius 1 is 1.20 bits per heavy atom. The lowest BCUT2D eigenvalue weighted by molar-refractivity contribution is -0.0522. The molecular formula is C15H20ClF3N2O3S. The molecule has 0 bridgehead atoms. The minimum absolute atomic E-state index is 0. The van der Waals surface area contributed by atoms with E-state index in [-0.39, 0.29) is 22.7 Å². The highest BCUT2D eigenvalue weighted by Crippen LogP contribution is 2.40. The molecule has 1 N–H and O–H groups in total. The van der Waals surface area contributed by atoms with Gasteiger partial charge in [-0.2, -0.15) is 13.1 Å². The third-order valence-electron chi connectivity index (χ3n) is 4.82. The van der Waals surface area contributed by atoms with Gasteiger partial charge in [0, 0.05) is 13.1 Å². The number of nitrogens with zero attached hydrogens (tertiary/aromatic N) is 1. The van der Waals surface area contributed by atoms with Gasteiger partial charge in [-0.3, -0.25) is 0 Å². The summed E-state index contributed by atoms with van der Waals surface area (Å²) in [7, 11) is -3.85. The quantitative estimate of drug-likeness (QED) is 0.844. The number of hydrogen-bond donors (Lipinski definition) is 1. The highest BCUT2D eigenvalue weighted by atomic mass is 35.5. The van der Waals surface area contributed by atoms with Gasteiger partial charge in [0.1, 0.15) is 0 Å². The first-order valence-electron chi connectivity index (χ1n) is 7.78. The molecular weight excluding hydrogens is 381 g/mol. The van der Waals surface area contributed by atoms with Crippen LogP contribution in [0.3, 0.4) is 0 Å². The first-order chi connectivity index (χ1) is 11.3. The van der Waals surface area contributed by atoms with Crippen molar-refractivity contribution >= 4 is 22.4 Å². The van der Waals surface area contributed by atoms with Crippen molar-refractivity contribution in [1.29, 1.82) is 0 Å². The Kier molecular flexibility index (Phi) is 6.24. The summed E-state index contributed by atoms with van der Waals surface area (Å²) in [5.74, 6) is -1.78. The van der Waals surface area contributed by atoms with Crippen LogP contribution in [0.5, 0.6) is 5.75 Å². The van der Waals surface area contributed by atoms with Crippen LogP contribution in [0.25, 0.3) is 0 Å². The maximum Gasteiger partial charge on any atom is 0.387 e. The number of piperidine rings is 1. The van der Waals surface area contributed by atoms with Crippen molar-refractivity contribution in [2.75, 3.05) is 26.2 Å². The SMILES string of the molecule is Cl.O=S(=O)(c1ccc(OC(F)F)c(F)c1)N1CCC2(CCNCC2)C1. The molecule has 0 aromatic heterocycles. The molecule has 0 amide bonds. The number of hydrogen-bond acceptors (Lipinski definition) is 4. The summed E-state index contributed by atoms with van der Waals surface area (Å²) < 4.78 is 68.9. The molecule has 2 fully saturated rings. The number of ether oxygens (including phenoxy) is 1. The van der Waals surface area contributed by atoms with Crippen molar-refractivity contribution in [2.24, 2.45) is 5.41 Å². The van der Waals surface area contributed by atoms with Crippen LogP contribution in [0, 0.1) is 11.2 Å². The second-order valence-corrected chi connectivity index (χ2v) is 8.25.